The van der Waals surface area contributed by atoms with Gasteiger partial charge in [0.05, 0.1) is 6.10 Å². The molecule has 3 N–H and O–H groups in total. The van der Waals surface area contributed by atoms with E-state index in [4.69, 9.17) is 0 Å². The van der Waals surface area contributed by atoms with Crippen molar-refractivity contribution in [1.29, 1.82) is 0 Å². The smallest absolute Gasteiger partial charge is 0.116 e. The number of β-amino-alcohol motifs (C(OH)–C–C–N with tert-alkyl or cyclic N) is 1. The standard InChI is InChI=1S/C10H13NO2S/c12-7-2-1-3-8(4-7)14-10-6-11-5-9(10)13/h1-4,9-13H,5-6H2. The van der Waals surface area contributed by atoms with Crippen LogP contribution in [0.25, 0.3) is 0 Å². The van der Waals surface area contributed by atoms with Gasteiger partial charge < -0.3 is 15.5 Å². The van der Waals surface area contributed by atoms with E-state index in [9.17, 15) is 10.2 Å². The number of nitrogens with one attached hydrogen (secondary N) is 1. The van der Waals surface area contributed by atoms with Crippen LogP contribution in [0.3, 0.4) is 0 Å². The van der Waals surface area contributed by atoms with Gasteiger partial charge in [-0.15, -0.1) is 11.8 Å². The average Bonchev–Trinajstić information content (AvgIpc) is 2.52. The van der Waals surface area contributed by atoms with Crippen molar-refractivity contribution in [1.82, 2.24) is 5.32 Å². The first kappa shape index (κ1) is 9.83. The van der Waals surface area contributed by atoms with E-state index in [-0.39, 0.29) is 17.1 Å². The number of aliphatic hydroxyl groups excluding tert-OH is 1. The molecule has 76 valence electrons. The molecular weight excluding hydrogens is 198 g/mol. The van der Waals surface area contributed by atoms with Gasteiger partial charge in [-0.2, -0.15) is 0 Å². The van der Waals surface area contributed by atoms with Crippen LogP contribution in [0.15, 0.2) is 29.2 Å². The Kier molecular flexibility index (Phi) is 2.96. The first-order valence-electron chi connectivity index (χ1n) is 4.60. The third-order valence-corrected chi connectivity index (χ3v) is 3.54. The molecule has 0 aliphatic carbocycles. The Labute approximate surface area is 87.1 Å². The van der Waals surface area contributed by atoms with E-state index in [1.165, 1.54) is 0 Å². The van der Waals surface area contributed by atoms with E-state index in [1.54, 1.807) is 23.9 Å². The third-order valence-electron chi connectivity index (χ3n) is 2.23. The fourth-order valence-electron chi connectivity index (χ4n) is 1.49. The van der Waals surface area contributed by atoms with E-state index in [0.29, 0.717) is 6.54 Å². The molecule has 0 spiro atoms. The summed E-state index contributed by atoms with van der Waals surface area (Å²) in [6.45, 7) is 1.48. The normalized spacial score (nSPS) is 26.6. The Morgan fingerprint density at radius 2 is 2.21 bits per heavy atom. The summed E-state index contributed by atoms with van der Waals surface area (Å²) in [5.74, 6) is 0.274. The van der Waals surface area contributed by atoms with Gasteiger partial charge in [0.25, 0.3) is 0 Å². The predicted octanol–water partition coefficient (Wildman–Crippen LogP) is 0.817. The van der Waals surface area contributed by atoms with Crippen molar-refractivity contribution in [3.8, 4) is 5.75 Å². The maximum Gasteiger partial charge on any atom is 0.116 e. The lowest BCUT2D eigenvalue weighted by Gasteiger charge is -2.12. The molecule has 2 atom stereocenters. The van der Waals surface area contributed by atoms with Crippen molar-refractivity contribution < 1.29 is 10.2 Å². The topological polar surface area (TPSA) is 52.5 Å². The summed E-state index contributed by atoms with van der Waals surface area (Å²) in [4.78, 5) is 0.998. The quantitative estimate of drug-likeness (QED) is 0.678. The summed E-state index contributed by atoms with van der Waals surface area (Å²) in [6.07, 6.45) is -0.289. The monoisotopic (exact) mass is 211 g/mol. The molecule has 1 heterocycles. The van der Waals surface area contributed by atoms with Crippen LogP contribution >= 0.6 is 11.8 Å². The van der Waals surface area contributed by atoms with Crippen molar-refractivity contribution >= 4 is 11.8 Å². The van der Waals surface area contributed by atoms with E-state index in [1.807, 2.05) is 12.1 Å². The van der Waals surface area contributed by atoms with Gasteiger partial charge in [0.15, 0.2) is 0 Å². The largest absolute Gasteiger partial charge is 0.508 e. The van der Waals surface area contributed by atoms with Crippen LogP contribution in [0.1, 0.15) is 0 Å². The highest BCUT2D eigenvalue weighted by Gasteiger charge is 2.25. The fraction of sp³-hybridized carbons (Fsp3) is 0.400. The molecular formula is C10H13NO2S. The minimum absolute atomic E-state index is 0.191. The molecule has 3 nitrogen and oxygen atoms in total. The summed E-state index contributed by atoms with van der Waals surface area (Å²) in [5.41, 5.74) is 0. The lowest BCUT2D eigenvalue weighted by Crippen LogP contribution is -2.19. The SMILES string of the molecule is Oc1cccc(SC2CNCC2O)c1. The minimum Gasteiger partial charge on any atom is -0.508 e. The van der Waals surface area contributed by atoms with Crippen LogP contribution in [-0.2, 0) is 0 Å². The van der Waals surface area contributed by atoms with Crippen molar-refractivity contribution in [2.75, 3.05) is 13.1 Å². The second-order valence-corrected chi connectivity index (χ2v) is 4.69. The van der Waals surface area contributed by atoms with E-state index in [0.717, 1.165) is 11.4 Å². The predicted molar refractivity (Wildman–Crippen MR) is 56.6 cm³/mol. The van der Waals surface area contributed by atoms with Crippen molar-refractivity contribution in [3.05, 3.63) is 24.3 Å². The molecule has 1 aliphatic rings. The number of phenolic OH excluding ortho intramolecular Hbond substituents is 1. The van der Waals surface area contributed by atoms with Crippen molar-refractivity contribution in [2.24, 2.45) is 0 Å². The first-order valence-corrected chi connectivity index (χ1v) is 5.48. The zero-order chi connectivity index (χ0) is 9.97. The highest BCUT2D eigenvalue weighted by Crippen LogP contribution is 2.29. The number of thioether (sulfide) groups is 1. The van der Waals surface area contributed by atoms with Crippen LogP contribution < -0.4 is 5.32 Å². The zero-order valence-electron chi connectivity index (χ0n) is 7.68. The number of rotatable bonds is 2. The van der Waals surface area contributed by atoms with Crippen molar-refractivity contribution in [2.45, 2.75) is 16.2 Å². The number of benzene rings is 1. The maximum atomic E-state index is 9.57. The van der Waals surface area contributed by atoms with Crippen LogP contribution in [0.2, 0.25) is 0 Å². The molecule has 2 unspecified atom stereocenters. The molecule has 1 saturated heterocycles. The van der Waals surface area contributed by atoms with Crippen molar-refractivity contribution in [3.63, 3.8) is 0 Å². The number of aliphatic hydroxyl groups is 1. The number of aromatic hydroxyl groups is 1. The van der Waals surface area contributed by atoms with E-state index >= 15 is 0 Å². The summed E-state index contributed by atoms with van der Waals surface area (Å²) in [6, 6.07) is 7.12. The fourth-order valence-corrected chi connectivity index (χ4v) is 2.64. The van der Waals surface area contributed by atoms with Gasteiger partial charge in [0, 0.05) is 23.2 Å². The highest BCUT2D eigenvalue weighted by molar-refractivity contribution is 8.00. The Hall–Kier alpha value is -0.710. The molecule has 0 aromatic heterocycles. The second kappa shape index (κ2) is 4.21. The first-order chi connectivity index (χ1) is 6.75. The van der Waals surface area contributed by atoms with Gasteiger partial charge in [0.1, 0.15) is 5.75 Å². The van der Waals surface area contributed by atoms with Crippen LogP contribution in [0, 0.1) is 0 Å². The molecule has 2 rings (SSSR count). The number of hydrogen-bond acceptors (Lipinski definition) is 4. The Balaban J connectivity index is 2.03. The van der Waals surface area contributed by atoms with Gasteiger partial charge >= 0.3 is 0 Å². The van der Waals surface area contributed by atoms with E-state index < -0.39 is 0 Å². The molecule has 0 saturated carbocycles. The van der Waals surface area contributed by atoms with Gasteiger partial charge in [0.2, 0.25) is 0 Å². The molecule has 0 radical (unpaired) electrons. The lowest BCUT2D eigenvalue weighted by atomic mass is 10.3. The summed E-state index contributed by atoms with van der Waals surface area (Å²) >= 11 is 1.60. The molecule has 1 aromatic rings. The molecule has 1 fully saturated rings. The average molecular weight is 211 g/mol. The molecule has 4 heteroatoms. The Morgan fingerprint density at radius 3 is 2.86 bits per heavy atom. The lowest BCUT2D eigenvalue weighted by molar-refractivity contribution is 0.201. The molecule has 0 bridgehead atoms. The third kappa shape index (κ3) is 2.20. The van der Waals surface area contributed by atoms with E-state index in [2.05, 4.69) is 5.32 Å². The van der Waals surface area contributed by atoms with Gasteiger partial charge in [-0.1, -0.05) is 6.07 Å². The van der Waals surface area contributed by atoms with Crippen LogP contribution in [0.5, 0.6) is 5.75 Å². The van der Waals surface area contributed by atoms with Crippen LogP contribution in [0.4, 0.5) is 0 Å². The molecule has 14 heavy (non-hydrogen) atoms. The number of hydrogen-bond donors (Lipinski definition) is 3. The van der Waals surface area contributed by atoms with Crippen LogP contribution in [-0.4, -0.2) is 34.7 Å². The minimum atomic E-state index is -0.289. The Morgan fingerprint density at radius 1 is 1.36 bits per heavy atom. The second-order valence-electron chi connectivity index (χ2n) is 3.38. The number of phenols is 1. The summed E-state index contributed by atoms with van der Waals surface area (Å²) in [7, 11) is 0. The molecule has 1 aliphatic heterocycles. The molecule has 1 aromatic carbocycles. The zero-order valence-corrected chi connectivity index (χ0v) is 8.50. The summed E-state index contributed by atoms with van der Waals surface area (Å²) in [5, 5.41) is 22.2. The van der Waals surface area contributed by atoms with Gasteiger partial charge in [-0.3, -0.25) is 0 Å². The maximum absolute atomic E-state index is 9.57. The van der Waals surface area contributed by atoms with Gasteiger partial charge in [-0.25, -0.2) is 0 Å². The summed E-state index contributed by atoms with van der Waals surface area (Å²) < 4.78 is 0. The van der Waals surface area contributed by atoms with Gasteiger partial charge in [-0.05, 0) is 18.2 Å². The Bertz CT molecular complexity index is 319. The highest BCUT2D eigenvalue weighted by atomic mass is 32.2. The molecule has 0 amide bonds.